The summed E-state index contributed by atoms with van der Waals surface area (Å²) in [7, 11) is 0. The number of alkyl halides is 3. The second kappa shape index (κ2) is 3.88. The first-order valence-corrected chi connectivity index (χ1v) is 3.95. The summed E-state index contributed by atoms with van der Waals surface area (Å²) in [4.78, 5) is 9.39. The molecule has 0 atom stereocenters. The number of carbonyl (C=O) groups is 1. The van der Waals surface area contributed by atoms with Gasteiger partial charge in [0.1, 0.15) is 0 Å². The zero-order valence-electron chi connectivity index (χ0n) is 7.68. The highest BCUT2D eigenvalue weighted by atomic mass is 19.4. The third-order valence-electron chi connectivity index (χ3n) is 1.69. The van der Waals surface area contributed by atoms with Gasteiger partial charge in [-0.15, -0.1) is 17.6 Å². The number of anilines is 1. The van der Waals surface area contributed by atoms with Crippen molar-refractivity contribution in [3.8, 4) is 0 Å². The van der Waals surface area contributed by atoms with Crippen LogP contribution in [0.4, 0.5) is 28.0 Å². The Kier molecular flexibility index (Phi) is 2.97. The smallest absolute Gasteiger partial charge is 0.233 e. The summed E-state index contributed by atoms with van der Waals surface area (Å²) >= 11 is 0. The molecule has 1 rings (SSSR count). The van der Waals surface area contributed by atoms with Crippen LogP contribution in [0.1, 0.15) is 5.56 Å². The molecule has 6 heteroatoms. The van der Waals surface area contributed by atoms with Crippen molar-refractivity contribution < 1.29 is 22.4 Å². The Morgan fingerprint density at radius 3 is 2.33 bits per heavy atom. The van der Waals surface area contributed by atoms with Crippen LogP contribution in [0.15, 0.2) is 24.3 Å². The van der Waals surface area contributed by atoms with E-state index in [1.165, 1.54) is 6.07 Å². The zero-order valence-corrected chi connectivity index (χ0v) is 7.68. The van der Waals surface area contributed by atoms with E-state index in [1.807, 2.05) is 0 Å². The van der Waals surface area contributed by atoms with Gasteiger partial charge in [0.15, 0.2) is 0 Å². The average molecular weight is 221 g/mol. The van der Waals surface area contributed by atoms with E-state index in [4.69, 9.17) is 0 Å². The van der Waals surface area contributed by atoms with E-state index < -0.39 is 23.0 Å². The molecule has 1 aromatic carbocycles. The maximum Gasteiger partial charge on any atom is 0.493 e. The molecular weight excluding hydrogens is 214 g/mol. The number of hydrogen-bond acceptors (Lipinski definition) is 1. The Morgan fingerprint density at radius 2 is 1.93 bits per heavy atom. The van der Waals surface area contributed by atoms with Crippen LogP contribution in [0.5, 0.6) is 0 Å². The fraction of sp³-hybridized carbons (Fsp3) is 0.222. The minimum absolute atomic E-state index is 0.503. The van der Waals surface area contributed by atoms with Gasteiger partial charge in [0.05, 0.1) is 5.69 Å². The first-order chi connectivity index (χ1) is 6.82. The van der Waals surface area contributed by atoms with Gasteiger partial charge in [0.25, 0.3) is 0 Å². The predicted octanol–water partition coefficient (Wildman–Crippen LogP) is 3.41. The number of nitrogens with zero attached hydrogens (tertiary/aromatic N) is 1. The summed E-state index contributed by atoms with van der Waals surface area (Å²) in [5.74, 6) is 0. The van der Waals surface area contributed by atoms with Crippen molar-refractivity contribution in [2.75, 3.05) is 4.90 Å². The highest BCUT2D eigenvalue weighted by Crippen LogP contribution is 2.29. The van der Waals surface area contributed by atoms with E-state index in [2.05, 4.69) is 0 Å². The lowest BCUT2D eigenvalue weighted by atomic mass is 10.2. The molecule has 0 unspecified atom stereocenters. The Labute approximate surface area is 83.1 Å². The predicted molar refractivity (Wildman–Crippen MR) is 46.2 cm³/mol. The molecule has 0 heterocycles. The number of amides is 1. The van der Waals surface area contributed by atoms with E-state index in [9.17, 15) is 22.4 Å². The largest absolute Gasteiger partial charge is 0.493 e. The van der Waals surface area contributed by atoms with Crippen molar-refractivity contribution in [3.05, 3.63) is 29.8 Å². The summed E-state index contributed by atoms with van der Waals surface area (Å²) in [6.45, 7) is 1.54. The topological polar surface area (TPSA) is 20.3 Å². The lowest BCUT2D eigenvalue weighted by Gasteiger charge is -2.21. The van der Waals surface area contributed by atoms with Crippen molar-refractivity contribution in [1.82, 2.24) is 0 Å². The third-order valence-corrected chi connectivity index (χ3v) is 1.69. The molecule has 0 saturated carbocycles. The van der Waals surface area contributed by atoms with Crippen LogP contribution in [-0.2, 0) is 0 Å². The molecule has 1 aromatic rings. The Bertz CT molecular complexity index is 375. The maximum absolute atomic E-state index is 12.3. The van der Waals surface area contributed by atoms with Gasteiger partial charge in [-0.2, -0.15) is 4.90 Å². The molecule has 0 aliphatic carbocycles. The molecule has 0 spiro atoms. The van der Waals surface area contributed by atoms with Crippen molar-refractivity contribution >= 4 is 11.8 Å². The average Bonchev–Trinajstić information content (AvgIpc) is 1.99. The number of carbonyl (C=O) groups excluding carboxylic acids is 1. The Balaban J connectivity index is 3.16. The summed E-state index contributed by atoms with van der Waals surface area (Å²) < 4.78 is 49.0. The van der Waals surface area contributed by atoms with Gasteiger partial charge in [-0.1, -0.05) is 12.1 Å². The number of hydrogen-bond donors (Lipinski definition) is 0. The maximum atomic E-state index is 12.3. The molecule has 2 nitrogen and oxygen atoms in total. The lowest BCUT2D eigenvalue weighted by molar-refractivity contribution is -0.122. The molecule has 82 valence electrons. The Hall–Kier alpha value is -1.59. The molecular formula is C9H7F4NO. The van der Waals surface area contributed by atoms with E-state index >= 15 is 0 Å². The third kappa shape index (κ3) is 2.68. The molecule has 0 aromatic heterocycles. The van der Waals surface area contributed by atoms with Crippen LogP contribution in [0, 0.1) is 6.92 Å². The standard InChI is InChI=1S/C9H7F4NO/c1-6-3-2-4-7(5-6)14(8(10)15)9(11,12)13/h2-5H,1H3. The number of benzene rings is 1. The fourth-order valence-electron chi connectivity index (χ4n) is 1.11. The quantitative estimate of drug-likeness (QED) is 0.404. The monoisotopic (exact) mass is 221 g/mol. The highest BCUT2D eigenvalue weighted by molar-refractivity contribution is 5.87. The summed E-state index contributed by atoms with van der Waals surface area (Å²) in [5.41, 5.74) is -0.0296. The van der Waals surface area contributed by atoms with Gasteiger partial charge >= 0.3 is 12.5 Å². The molecule has 0 bridgehead atoms. The van der Waals surface area contributed by atoms with Gasteiger partial charge < -0.3 is 0 Å². The molecule has 0 aliphatic rings. The van der Waals surface area contributed by atoms with E-state index in [-0.39, 0.29) is 0 Å². The number of halogens is 4. The zero-order chi connectivity index (χ0) is 11.6. The molecule has 0 radical (unpaired) electrons. The minimum atomic E-state index is -5.06. The van der Waals surface area contributed by atoms with Crippen LogP contribution in [0.2, 0.25) is 0 Å². The first-order valence-electron chi connectivity index (χ1n) is 3.95. The van der Waals surface area contributed by atoms with E-state index in [0.717, 1.165) is 12.1 Å². The Morgan fingerprint density at radius 1 is 1.33 bits per heavy atom. The SMILES string of the molecule is Cc1cccc(N(C(=O)F)C(F)(F)F)c1. The van der Waals surface area contributed by atoms with Crippen molar-refractivity contribution in [2.24, 2.45) is 0 Å². The normalized spacial score (nSPS) is 11.3. The van der Waals surface area contributed by atoms with Gasteiger partial charge in [-0.3, -0.25) is 0 Å². The lowest BCUT2D eigenvalue weighted by Crippen LogP contribution is -2.40. The van der Waals surface area contributed by atoms with Crippen LogP contribution < -0.4 is 4.90 Å². The van der Waals surface area contributed by atoms with Crippen LogP contribution in [0.3, 0.4) is 0 Å². The second-order valence-electron chi connectivity index (χ2n) is 2.90. The first kappa shape index (κ1) is 11.5. The van der Waals surface area contributed by atoms with E-state index in [1.54, 1.807) is 13.0 Å². The molecule has 0 saturated heterocycles. The summed E-state index contributed by atoms with van der Waals surface area (Å²) in [6, 6.07) is 4.94. The highest BCUT2D eigenvalue weighted by Gasteiger charge is 2.42. The van der Waals surface area contributed by atoms with Gasteiger partial charge in [0.2, 0.25) is 0 Å². The van der Waals surface area contributed by atoms with Crippen molar-refractivity contribution in [1.29, 1.82) is 0 Å². The molecule has 0 N–H and O–H groups in total. The van der Waals surface area contributed by atoms with Gasteiger partial charge in [-0.25, -0.2) is 4.79 Å². The van der Waals surface area contributed by atoms with E-state index in [0.29, 0.717) is 5.56 Å². The van der Waals surface area contributed by atoms with Crippen LogP contribution in [-0.4, -0.2) is 12.5 Å². The number of rotatable bonds is 1. The molecule has 0 fully saturated rings. The van der Waals surface area contributed by atoms with Gasteiger partial charge in [-0.05, 0) is 24.6 Å². The van der Waals surface area contributed by atoms with Crippen molar-refractivity contribution in [3.63, 3.8) is 0 Å². The van der Waals surface area contributed by atoms with Crippen LogP contribution >= 0.6 is 0 Å². The van der Waals surface area contributed by atoms with Crippen molar-refractivity contribution in [2.45, 2.75) is 13.2 Å². The molecule has 1 amide bonds. The van der Waals surface area contributed by atoms with Crippen LogP contribution in [0.25, 0.3) is 0 Å². The minimum Gasteiger partial charge on any atom is -0.233 e. The summed E-state index contributed by atoms with van der Waals surface area (Å²) in [6.07, 6.45) is -7.60. The second-order valence-corrected chi connectivity index (χ2v) is 2.90. The molecule has 0 aliphatic heterocycles. The summed E-state index contributed by atoms with van der Waals surface area (Å²) in [5, 5.41) is 0. The fourth-order valence-corrected chi connectivity index (χ4v) is 1.11. The number of aryl methyl sites for hydroxylation is 1. The molecule has 15 heavy (non-hydrogen) atoms. The van der Waals surface area contributed by atoms with Gasteiger partial charge in [0, 0.05) is 0 Å².